The van der Waals surface area contributed by atoms with Crippen LogP contribution in [-0.4, -0.2) is 15.3 Å². The Bertz CT molecular complexity index is 642. The van der Waals surface area contributed by atoms with Crippen molar-refractivity contribution in [1.82, 2.24) is 9.55 Å². The molecule has 18 heavy (non-hydrogen) atoms. The smallest absolute Gasteiger partial charge is 0.271 e. The molecule has 1 atom stereocenters. The number of thiophene rings is 1. The van der Waals surface area contributed by atoms with Gasteiger partial charge in [-0.1, -0.05) is 13.8 Å². The summed E-state index contributed by atoms with van der Waals surface area (Å²) in [6, 6.07) is 0. The van der Waals surface area contributed by atoms with E-state index in [1.54, 1.807) is 0 Å². The van der Waals surface area contributed by atoms with Crippen LogP contribution in [-0.2, 0) is 11.3 Å². The lowest BCUT2D eigenvalue weighted by Gasteiger charge is -2.08. The number of fused-ring (bicyclic) bond motifs is 1. The fourth-order valence-electron chi connectivity index (χ4n) is 1.72. The molecule has 2 aromatic rings. The molecular formula is C13H16N2O2S. The first-order valence-electron chi connectivity index (χ1n) is 6.00. The van der Waals surface area contributed by atoms with E-state index in [9.17, 15) is 9.59 Å². The van der Waals surface area contributed by atoms with Gasteiger partial charge in [0.2, 0.25) is 0 Å². The van der Waals surface area contributed by atoms with E-state index in [0.29, 0.717) is 4.70 Å². The zero-order chi connectivity index (χ0) is 13.3. The molecular weight excluding hydrogens is 248 g/mol. The minimum absolute atomic E-state index is 0.0160. The average Bonchev–Trinajstić information content (AvgIpc) is 2.74. The fraction of sp³-hybridized carbons (Fsp3) is 0.462. The molecule has 0 saturated heterocycles. The van der Waals surface area contributed by atoms with Crippen molar-refractivity contribution in [3.8, 4) is 0 Å². The molecule has 0 radical (unpaired) electrons. The normalized spacial score (nSPS) is 12.8. The highest BCUT2D eigenvalue weighted by molar-refractivity contribution is 7.17. The number of hydrogen-bond acceptors (Lipinski definition) is 4. The molecule has 0 spiro atoms. The van der Waals surface area contributed by atoms with E-state index >= 15 is 0 Å². The quantitative estimate of drug-likeness (QED) is 0.852. The Labute approximate surface area is 109 Å². The molecule has 96 valence electrons. The van der Waals surface area contributed by atoms with Crippen molar-refractivity contribution in [3.63, 3.8) is 0 Å². The summed E-state index contributed by atoms with van der Waals surface area (Å²) in [6.07, 6.45) is 2.27. The number of carbonyl (C=O) groups is 1. The van der Waals surface area contributed by atoms with Crippen LogP contribution in [0.3, 0.4) is 0 Å². The van der Waals surface area contributed by atoms with Gasteiger partial charge in [0, 0.05) is 5.92 Å². The van der Waals surface area contributed by atoms with Crippen LogP contribution < -0.4 is 5.56 Å². The summed E-state index contributed by atoms with van der Waals surface area (Å²) < 4.78 is 2.04. The molecule has 0 aliphatic heterocycles. The largest absolute Gasteiger partial charge is 0.297 e. The first-order chi connectivity index (χ1) is 8.54. The summed E-state index contributed by atoms with van der Waals surface area (Å²) in [6.45, 7) is 5.90. The van der Waals surface area contributed by atoms with Gasteiger partial charge in [0.25, 0.3) is 5.56 Å². The van der Waals surface area contributed by atoms with E-state index in [1.165, 1.54) is 22.2 Å². The lowest BCUT2D eigenvalue weighted by Crippen LogP contribution is -2.26. The molecule has 0 aromatic carbocycles. The number of rotatable bonds is 4. The lowest BCUT2D eigenvalue weighted by atomic mass is 10.0. The Kier molecular flexibility index (Phi) is 3.61. The van der Waals surface area contributed by atoms with Crippen molar-refractivity contribution in [1.29, 1.82) is 0 Å². The van der Waals surface area contributed by atoms with Gasteiger partial charge < -0.3 is 0 Å². The third-order valence-electron chi connectivity index (χ3n) is 3.21. The Balaban J connectivity index is 2.38. The van der Waals surface area contributed by atoms with Crippen molar-refractivity contribution >= 4 is 27.3 Å². The molecule has 2 aromatic heterocycles. The first kappa shape index (κ1) is 13.0. The number of carbonyl (C=O) groups excluding carboxylic acids is 1. The van der Waals surface area contributed by atoms with Crippen molar-refractivity contribution in [2.24, 2.45) is 5.92 Å². The summed E-state index contributed by atoms with van der Waals surface area (Å²) in [5.41, 5.74) is 1.64. The highest BCUT2D eigenvalue weighted by Gasteiger charge is 2.14. The van der Waals surface area contributed by atoms with E-state index in [-0.39, 0.29) is 23.8 Å². The predicted molar refractivity (Wildman–Crippen MR) is 73.1 cm³/mol. The molecule has 0 amide bonds. The van der Waals surface area contributed by atoms with E-state index < -0.39 is 0 Å². The van der Waals surface area contributed by atoms with Crippen LogP contribution in [0.15, 0.2) is 16.5 Å². The lowest BCUT2D eigenvalue weighted by molar-refractivity contribution is -0.123. The van der Waals surface area contributed by atoms with Crippen molar-refractivity contribution in [3.05, 3.63) is 27.6 Å². The molecule has 0 bridgehead atoms. The van der Waals surface area contributed by atoms with Crippen LogP contribution in [0.4, 0.5) is 0 Å². The second-order valence-corrected chi connectivity index (χ2v) is 5.43. The molecule has 2 rings (SSSR count). The Hall–Kier alpha value is -1.49. The second kappa shape index (κ2) is 5.02. The van der Waals surface area contributed by atoms with Gasteiger partial charge in [-0.05, 0) is 24.3 Å². The van der Waals surface area contributed by atoms with Crippen LogP contribution in [0.2, 0.25) is 0 Å². The van der Waals surface area contributed by atoms with Gasteiger partial charge in [0.1, 0.15) is 4.70 Å². The van der Waals surface area contributed by atoms with Crippen LogP contribution in [0.25, 0.3) is 10.2 Å². The Morgan fingerprint density at radius 1 is 1.56 bits per heavy atom. The molecule has 0 aliphatic rings. The molecule has 2 heterocycles. The van der Waals surface area contributed by atoms with Crippen LogP contribution in [0, 0.1) is 12.8 Å². The van der Waals surface area contributed by atoms with Crippen LogP contribution in [0.5, 0.6) is 0 Å². The Morgan fingerprint density at radius 2 is 2.28 bits per heavy atom. The molecule has 0 N–H and O–H groups in total. The summed E-state index contributed by atoms with van der Waals surface area (Å²) in [5.74, 6) is 0.0618. The molecule has 0 aliphatic carbocycles. The topological polar surface area (TPSA) is 52.0 Å². The number of ketones is 1. The van der Waals surface area contributed by atoms with Gasteiger partial charge in [-0.15, -0.1) is 11.3 Å². The number of hydrogen-bond donors (Lipinski definition) is 0. The van der Waals surface area contributed by atoms with Gasteiger partial charge in [0.15, 0.2) is 5.78 Å². The third-order valence-corrected chi connectivity index (χ3v) is 4.29. The highest BCUT2D eigenvalue weighted by atomic mass is 32.1. The zero-order valence-corrected chi connectivity index (χ0v) is 11.6. The highest BCUT2D eigenvalue weighted by Crippen LogP contribution is 2.19. The Morgan fingerprint density at radius 3 is 2.94 bits per heavy atom. The first-order valence-corrected chi connectivity index (χ1v) is 6.88. The molecule has 1 unspecified atom stereocenters. The maximum atomic E-state index is 12.2. The minimum Gasteiger partial charge on any atom is -0.297 e. The summed E-state index contributed by atoms with van der Waals surface area (Å²) in [7, 11) is 0. The van der Waals surface area contributed by atoms with Gasteiger partial charge in [-0.25, -0.2) is 4.98 Å². The molecule has 4 nitrogen and oxygen atoms in total. The number of aryl methyl sites for hydroxylation is 1. The second-order valence-electron chi connectivity index (χ2n) is 4.55. The number of aromatic nitrogens is 2. The SMILES string of the molecule is CCC(C)C(=O)Cn1cnc2c(C)csc2c1=O. The van der Waals surface area contributed by atoms with E-state index in [2.05, 4.69) is 4.98 Å². The average molecular weight is 264 g/mol. The van der Waals surface area contributed by atoms with Gasteiger partial charge in [-0.3, -0.25) is 14.2 Å². The van der Waals surface area contributed by atoms with Crippen LogP contribution >= 0.6 is 11.3 Å². The number of Topliss-reactive ketones (excluding diaryl/α,β-unsaturated/α-hetero) is 1. The number of nitrogens with zero attached hydrogens (tertiary/aromatic N) is 2. The van der Waals surface area contributed by atoms with Gasteiger partial charge in [-0.2, -0.15) is 0 Å². The van der Waals surface area contributed by atoms with E-state index in [0.717, 1.165) is 17.5 Å². The maximum absolute atomic E-state index is 12.2. The summed E-state index contributed by atoms with van der Waals surface area (Å²) in [5, 5.41) is 1.92. The predicted octanol–water partition coefficient (Wildman–Crippen LogP) is 2.38. The van der Waals surface area contributed by atoms with E-state index in [1.807, 2.05) is 26.2 Å². The van der Waals surface area contributed by atoms with Crippen molar-refractivity contribution in [2.75, 3.05) is 0 Å². The van der Waals surface area contributed by atoms with Gasteiger partial charge in [0.05, 0.1) is 18.4 Å². The van der Waals surface area contributed by atoms with Crippen molar-refractivity contribution in [2.45, 2.75) is 33.7 Å². The fourth-order valence-corrected chi connectivity index (χ4v) is 2.67. The standard InChI is InChI=1S/C13H16N2O2S/c1-4-8(2)10(16)5-15-7-14-11-9(3)6-18-12(11)13(15)17/h6-8H,4-5H2,1-3H3. The molecule has 0 fully saturated rings. The monoisotopic (exact) mass is 264 g/mol. The van der Waals surface area contributed by atoms with E-state index in [4.69, 9.17) is 0 Å². The summed E-state index contributed by atoms with van der Waals surface area (Å²) >= 11 is 1.39. The maximum Gasteiger partial charge on any atom is 0.271 e. The van der Waals surface area contributed by atoms with Crippen molar-refractivity contribution < 1.29 is 4.79 Å². The van der Waals surface area contributed by atoms with Gasteiger partial charge >= 0.3 is 0 Å². The zero-order valence-electron chi connectivity index (χ0n) is 10.8. The molecule has 0 saturated carbocycles. The van der Waals surface area contributed by atoms with Crippen LogP contribution in [0.1, 0.15) is 25.8 Å². The summed E-state index contributed by atoms with van der Waals surface area (Å²) in [4.78, 5) is 28.3. The minimum atomic E-state index is -0.116. The molecule has 5 heteroatoms. The third kappa shape index (κ3) is 2.22.